The minimum Gasteiger partial charge on any atom is -0.456 e. The van der Waals surface area contributed by atoms with Gasteiger partial charge in [0, 0.05) is 30.9 Å². The number of benzene rings is 3. The molecule has 0 fully saturated rings. The molecule has 0 radical (unpaired) electrons. The van der Waals surface area contributed by atoms with Gasteiger partial charge < -0.3 is 4.42 Å². The Morgan fingerprint density at radius 2 is 1.67 bits per heavy atom. The molecular weight excluding hydrogens is 276 g/mol. The first-order valence-electron chi connectivity index (χ1n) is 7.04. The maximum Gasteiger partial charge on any atom is 0.136 e. The maximum atomic E-state index is 6.02. The third kappa shape index (κ3) is 1.45. The van der Waals surface area contributed by atoms with Gasteiger partial charge in [0.1, 0.15) is 11.2 Å². The molecule has 0 atom stereocenters. The van der Waals surface area contributed by atoms with Gasteiger partial charge in [0.25, 0.3) is 0 Å². The largest absolute Gasteiger partial charge is 0.456 e. The van der Waals surface area contributed by atoms with Crippen LogP contribution < -0.4 is 0 Å². The number of furan rings is 1. The van der Waals surface area contributed by atoms with E-state index in [1.165, 1.54) is 36.5 Å². The summed E-state index contributed by atoms with van der Waals surface area (Å²) in [5.41, 5.74) is 3.27. The van der Waals surface area contributed by atoms with Crippen molar-refractivity contribution in [2.75, 3.05) is 0 Å². The lowest BCUT2D eigenvalue weighted by Gasteiger charge is -1.96. The van der Waals surface area contributed by atoms with E-state index in [-0.39, 0.29) is 0 Å². The number of hydrogen-bond donors (Lipinski definition) is 0. The van der Waals surface area contributed by atoms with Crippen LogP contribution in [0.3, 0.4) is 0 Å². The lowest BCUT2D eigenvalue weighted by molar-refractivity contribution is 0.669. The monoisotopic (exact) mass is 288 g/mol. The molecule has 1 nitrogen and oxygen atoms in total. The smallest absolute Gasteiger partial charge is 0.136 e. The van der Waals surface area contributed by atoms with Gasteiger partial charge in [-0.05, 0) is 36.8 Å². The average molecular weight is 288 g/mol. The normalized spacial score (nSPS) is 12.0. The Bertz CT molecular complexity index is 1140. The van der Waals surface area contributed by atoms with Crippen LogP contribution >= 0.6 is 11.3 Å². The summed E-state index contributed by atoms with van der Waals surface area (Å²) in [6.45, 7) is 2.18. The van der Waals surface area contributed by atoms with Crippen LogP contribution in [0.4, 0.5) is 0 Å². The van der Waals surface area contributed by atoms with Crippen LogP contribution in [0.2, 0.25) is 0 Å². The highest BCUT2D eigenvalue weighted by Crippen LogP contribution is 2.40. The van der Waals surface area contributed by atoms with E-state index in [4.69, 9.17) is 4.42 Å². The molecule has 0 bridgehead atoms. The summed E-state index contributed by atoms with van der Waals surface area (Å²) in [5.74, 6) is 0. The van der Waals surface area contributed by atoms with Crippen molar-refractivity contribution in [2.45, 2.75) is 6.92 Å². The van der Waals surface area contributed by atoms with Gasteiger partial charge >= 0.3 is 0 Å². The van der Waals surface area contributed by atoms with Crippen LogP contribution in [0.15, 0.2) is 59.0 Å². The Morgan fingerprint density at radius 1 is 0.762 bits per heavy atom. The zero-order valence-electron chi connectivity index (χ0n) is 11.5. The van der Waals surface area contributed by atoms with Crippen LogP contribution in [0.1, 0.15) is 5.56 Å². The molecule has 0 amide bonds. The van der Waals surface area contributed by atoms with E-state index in [1.54, 1.807) is 0 Å². The van der Waals surface area contributed by atoms with Crippen molar-refractivity contribution in [1.29, 1.82) is 0 Å². The zero-order valence-corrected chi connectivity index (χ0v) is 12.3. The van der Waals surface area contributed by atoms with Crippen molar-refractivity contribution in [3.63, 3.8) is 0 Å². The third-order valence-corrected chi connectivity index (χ3v) is 5.32. The van der Waals surface area contributed by atoms with Gasteiger partial charge in [-0.2, -0.15) is 0 Å². The van der Waals surface area contributed by atoms with Gasteiger partial charge in [0.05, 0.1) is 0 Å². The van der Waals surface area contributed by atoms with Crippen molar-refractivity contribution in [2.24, 2.45) is 0 Å². The van der Waals surface area contributed by atoms with Crippen molar-refractivity contribution < 1.29 is 4.42 Å². The second kappa shape index (κ2) is 3.86. The number of para-hydroxylation sites is 1. The summed E-state index contributed by atoms with van der Waals surface area (Å²) in [7, 11) is 0. The third-order valence-electron chi connectivity index (χ3n) is 4.20. The maximum absolute atomic E-state index is 6.02. The molecular formula is C19H12OS. The molecule has 21 heavy (non-hydrogen) atoms. The van der Waals surface area contributed by atoms with E-state index in [1.807, 2.05) is 23.5 Å². The highest BCUT2D eigenvalue weighted by atomic mass is 32.1. The quantitative estimate of drug-likeness (QED) is 0.327. The molecule has 3 aromatic carbocycles. The molecule has 2 aromatic heterocycles. The van der Waals surface area contributed by atoms with Crippen molar-refractivity contribution in [1.82, 2.24) is 0 Å². The molecule has 0 spiro atoms. The predicted molar refractivity (Wildman–Crippen MR) is 91.3 cm³/mol. The highest BCUT2D eigenvalue weighted by Gasteiger charge is 2.12. The van der Waals surface area contributed by atoms with Gasteiger partial charge in [-0.15, -0.1) is 11.3 Å². The van der Waals surface area contributed by atoms with Crippen LogP contribution in [0.25, 0.3) is 42.1 Å². The molecule has 0 unspecified atom stereocenters. The Labute approximate surface area is 125 Å². The first-order valence-corrected chi connectivity index (χ1v) is 7.86. The molecule has 2 heterocycles. The fourth-order valence-electron chi connectivity index (χ4n) is 3.22. The standard InChI is InChI=1S/C19H12OS/c1-11-5-4-8-17-19(11)14-9-16-13(10-18(14)21-17)12-6-2-3-7-15(12)20-16/h2-10H,1H3. The fourth-order valence-corrected chi connectivity index (χ4v) is 4.43. The fraction of sp³-hybridized carbons (Fsp3) is 0.0526. The molecule has 0 N–H and O–H groups in total. The summed E-state index contributed by atoms with van der Waals surface area (Å²) in [4.78, 5) is 0. The van der Waals surface area contributed by atoms with Gasteiger partial charge in [-0.1, -0.05) is 30.3 Å². The molecule has 5 aromatic rings. The molecule has 2 heteroatoms. The average Bonchev–Trinajstić information content (AvgIpc) is 3.03. The summed E-state index contributed by atoms with van der Waals surface area (Å²) in [6.07, 6.45) is 0. The SMILES string of the molecule is Cc1cccc2sc3cc4c(cc3c12)oc1ccccc14. The van der Waals surface area contributed by atoms with Crippen molar-refractivity contribution in [3.05, 3.63) is 60.2 Å². The summed E-state index contributed by atoms with van der Waals surface area (Å²) >= 11 is 1.86. The van der Waals surface area contributed by atoms with E-state index in [9.17, 15) is 0 Å². The number of fused-ring (bicyclic) bond motifs is 6. The number of aryl methyl sites for hydroxylation is 1. The van der Waals surface area contributed by atoms with E-state index in [0.29, 0.717) is 0 Å². The van der Waals surface area contributed by atoms with Crippen LogP contribution in [0.5, 0.6) is 0 Å². The van der Waals surface area contributed by atoms with Crippen LogP contribution in [-0.2, 0) is 0 Å². The number of thiophene rings is 1. The minimum atomic E-state index is 0.964. The Kier molecular flexibility index (Phi) is 2.09. The highest BCUT2D eigenvalue weighted by molar-refractivity contribution is 7.25. The van der Waals surface area contributed by atoms with E-state index >= 15 is 0 Å². The Balaban J connectivity index is 2.05. The lowest BCUT2D eigenvalue weighted by Crippen LogP contribution is -1.73. The molecule has 0 saturated heterocycles. The molecule has 100 valence electrons. The second-order valence-electron chi connectivity index (χ2n) is 5.49. The van der Waals surface area contributed by atoms with Gasteiger partial charge in [0.2, 0.25) is 0 Å². The van der Waals surface area contributed by atoms with Crippen molar-refractivity contribution >= 4 is 53.4 Å². The topological polar surface area (TPSA) is 13.1 Å². The van der Waals surface area contributed by atoms with Crippen LogP contribution in [0, 0.1) is 6.92 Å². The number of rotatable bonds is 0. The summed E-state index contributed by atoms with van der Waals surface area (Å²) < 4.78 is 8.70. The molecule has 5 rings (SSSR count). The van der Waals surface area contributed by atoms with Crippen molar-refractivity contribution in [3.8, 4) is 0 Å². The summed E-state index contributed by atoms with van der Waals surface area (Å²) in [5, 5.41) is 5.07. The first-order chi connectivity index (χ1) is 10.3. The lowest BCUT2D eigenvalue weighted by atomic mass is 10.1. The second-order valence-corrected chi connectivity index (χ2v) is 6.58. The zero-order chi connectivity index (χ0) is 14.0. The molecule has 0 aliphatic heterocycles. The predicted octanol–water partition coefficient (Wildman–Crippen LogP) is 6.26. The Morgan fingerprint density at radius 3 is 2.62 bits per heavy atom. The van der Waals surface area contributed by atoms with E-state index in [0.717, 1.165) is 11.2 Å². The van der Waals surface area contributed by atoms with Crippen LogP contribution in [-0.4, -0.2) is 0 Å². The van der Waals surface area contributed by atoms with E-state index < -0.39 is 0 Å². The van der Waals surface area contributed by atoms with Gasteiger partial charge in [-0.3, -0.25) is 0 Å². The van der Waals surface area contributed by atoms with Gasteiger partial charge in [0.15, 0.2) is 0 Å². The number of hydrogen-bond acceptors (Lipinski definition) is 2. The minimum absolute atomic E-state index is 0.964. The first kappa shape index (κ1) is 11.4. The molecule has 0 saturated carbocycles. The molecule has 0 aliphatic carbocycles. The Hall–Kier alpha value is -2.32. The molecule has 0 aliphatic rings. The van der Waals surface area contributed by atoms with Gasteiger partial charge in [-0.25, -0.2) is 0 Å². The summed E-state index contributed by atoms with van der Waals surface area (Å²) in [6, 6.07) is 19.2. The van der Waals surface area contributed by atoms with E-state index in [2.05, 4.69) is 49.4 Å².